The van der Waals surface area contributed by atoms with Gasteiger partial charge in [0.15, 0.2) is 0 Å². The molecule has 0 aliphatic rings. The van der Waals surface area contributed by atoms with Crippen molar-refractivity contribution >= 4 is 45.9 Å². The van der Waals surface area contributed by atoms with Crippen molar-refractivity contribution in [2.45, 2.75) is 6.54 Å². The van der Waals surface area contributed by atoms with Crippen molar-refractivity contribution in [3.8, 4) is 0 Å². The Labute approximate surface area is 156 Å². The van der Waals surface area contributed by atoms with Crippen molar-refractivity contribution in [1.29, 1.82) is 0 Å². The first-order chi connectivity index (χ1) is 11.5. The number of nitrogens with one attached hydrogen (secondary N) is 1. The molecule has 1 N–H and O–H groups in total. The van der Waals surface area contributed by atoms with Crippen LogP contribution in [0.2, 0.25) is 5.02 Å². The smallest absolute Gasteiger partial charge is 0.257 e. The fraction of sp³-hybridized carbons (Fsp3) is 0.0588. The maximum absolute atomic E-state index is 13.2. The molecule has 7 heteroatoms. The highest BCUT2D eigenvalue weighted by molar-refractivity contribution is 14.1. The van der Waals surface area contributed by atoms with E-state index in [1.54, 1.807) is 29.1 Å². The number of anilines is 1. The number of aromatic nitrogens is 2. The zero-order chi connectivity index (χ0) is 17.1. The van der Waals surface area contributed by atoms with Crippen molar-refractivity contribution in [3.63, 3.8) is 0 Å². The second-order valence-corrected chi connectivity index (χ2v) is 6.68. The zero-order valence-corrected chi connectivity index (χ0v) is 15.3. The summed E-state index contributed by atoms with van der Waals surface area (Å²) in [5, 5.41) is 7.70. The molecular formula is C17H12ClFIN3O. The van der Waals surface area contributed by atoms with Gasteiger partial charge in [-0.05, 0) is 58.5 Å². The summed E-state index contributed by atoms with van der Waals surface area (Å²) in [4.78, 5) is 12.4. The van der Waals surface area contributed by atoms with Gasteiger partial charge in [-0.3, -0.25) is 4.79 Å². The molecule has 0 atom stereocenters. The van der Waals surface area contributed by atoms with E-state index in [0.29, 0.717) is 26.5 Å². The number of carbonyl (C=O) groups excluding carboxylic acids is 1. The predicted octanol–water partition coefficient (Wildman–Crippen LogP) is 4.58. The lowest BCUT2D eigenvalue weighted by Gasteiger charge is -2.10. The number of benzene rings is 2. The first-order valence-corrected chi connectivity index (χ1v) is 8.51. The summed E-state index contributed by atoms with van der Waals surface area (Å²) >= 11 is 7.82. The molecule has 3 aromatic rings. The van der Waals surface area contributed by atoms with Crippen LogP contribution in [-0.2, 0) is 6.54 Å². The van der Waals surface area contributed by atoms with E-state index in [1.165, 1.54) is 18.2 Å². The molecule has 24 heavy (non-hydrogen) atoms. The van der Waals surface area contributed by atoms with Gasteiger partial charge in [-0.2, -0.15) is 5.10 Å². The van der Waals surface area contributed by atoms with Crippen LogP contribution in [0.5, 0.6) is 0 Å². The number of nitrogens with zero attached hydrogens (tertiary/aromatic N) is 2. The molecule has 0 aliphatic carbocycles. The maximum atomic E-state index is 13.2. The first-order valence-electron chi connectivity index (χ1n) is 7.05. The van der Waals surface area contributed by atoms with Gasteiger partial charge >= 0.3 is 0 Å². The minimum Gasteiger partial charge on any atom is -0.307 e. The lowest BCUT2D eigenvalue weighted by Crippen LogP contribution is -2.17. The Hall–Kier alpha value is -1.93. The van der Waals surface area contributed by atoms with Gasteiger partial charge in [0.05, 0.1) is 18.3 Å². The van der Waals surface area contributed by atoms with Gasteiger partial charge in [-0.15, -0.1) is 0 Å². The molecule has 0 fully saturated rings. The van der Waals surface area contributed by atoms with Crippen LogP contribution in [-0.4, -0.2) is 15.7 Å². The molecule has 4 nitrogen and oxygen atoms in total. The standard InChI is InChI=1S/C17H12ClFIN3O/c18-12-3-1-11(2-4-12)10-23-16(7-8-21-23)22-17(24)14-6-5-13(19)9-15(14)20/h1-9H,10H2,(H,22,24). The quantitative estimate of drug-likeness (QED) is 0.586. The van der Waals surface area contributed by atoms with E-state index in [4.69, 9.17) is 11.6 Å². The van der Waals surface area contributed by atoms with Gasteiger partial charge in [0, 0.05) is 14.7 Å². The van der Waals surface area contributed by atoms with Crippen molar-refractivity contribution in [3.05, 3.63) is 80.3 Å². The van der Waals surface area contributed by atoms with Crippen LogP contribution in [0.3, 0.4) is 0 Å². The summed E-state index contributed by atoms with van der Waals surface area (Å²) in [6.07, 6.45) is 1.61. The summed E-state index contributed by atoms with van der Waals surface area (Å²) in [7, 11) is 0. The largest absolute Gasteiger partial charge is 0.307 e. The van der Waals surface area contributed by atoms with Crippen LogP contribution < -0.4 is 5.32 Å². The van der Waals surface area contributed by atoms with Gasteiger partial charge in [0.25, 0.3) is 5.91 Å². The Balaban J connectivity index is 1.77. The maximum Gasteiger partial charge on any atom is 0.257 e. The molecule has 122 valence electrons. The Bertz CT molecular complexity index is 880. The number of rotatable bonds is 4. The fourth-order valence-corrected chi connectivity index (χ4v) is 3.03. The lowest BCUT2D eigenvalue weighted by molar-refractivity contribution is 0.102. The number of hydrogen-bond donors (Lipinski definition) is 1. The minimum atomic E-state index is -0.372. The van der Waals surface area contributed by atoms with Crippen molar-refractivity contribution in [2.24, 2.45) is 0 Å². The summed E-state index contributed by atoms with van der Waals surface area (Å²) in [6.45, 7) is 0.500. The van der Waals surface area contributed by atoms with E-state index in [2.05, 4.69) is 10.4 Å². The highest BCUT2D eigenvalue weighted by atomic mass is 127. The normalized spacial score (nSPS) is 10.6. The summed E-state index contributed by atoms with van der Waals surface area (Å²) < 4.78 is 15.4. The minimum absolute atomic E-state index is 0.308. The van der Waals surface area contributed by atoms with Crippen molar-refractivity contribution in [2.75, 3.05) is 5.32 Å². The SMILES string of the molecule is O=C(Nc1ccnn1Cc1ccc(Cl)cc1)c1ccc(F)cc1I. The van der Waals surface area contributed by atoms with Crippen LogP contribution >= 0.6 is 34.2 Å². The number of halogens is 3. The molecule has 0 spiro atoms. The molecule has 0 saturated heterocycles. The Kier molecular flexibility index (Phi) is 5.15. The first kappa shape index (κ1) is 16.9. The summed E-state index contributed by atoms with van der Waals surface area (Å²) in [5.74, 6) is -0.115. The number of hydrogen-bond acceptors (Lipinski definition) is 2. The zero-order valence-electron chi connectivity index (χ0n) is 12.3. The third-order valence-corrected chi connectivity index (χ3v) is 4.52. The lowest BCUT2D eigenvalue weighted by atomic mass is 10.2. The highest BCUT2D eigenvalue weighted by Gasteiger charge is 2.13. The average molecular weight is 456 g/mol. The average Bonchev–Trinajstić information content (AvgIpc) is 2.96. The van der Waals surface area contributed by atoms with Gasteiger partial charge < -0.3 is 5.32 Å². The van der Waals surface area contributed by atoms with Crippen LogP contribution in [0.1, 0.15) is 15.9 Å². The van der Waals surface area contributed by atoms with E-state index in [1.807, 2.05) is 34.7 Å². The Morgan fingerprint density at radius 2 is 1.96 bits per heavy atom. The fourth-order valence-electron chi connectivity index (χ4n) is 2.18. The molecular weight excluding hydrogens is 444 g/mol. The van der Waals surface area contributed by atoms with Crippen LogP contribution in [0.4, 0.5) is 10.2 Å². The van der Waals surface area contributed by atoms with Crippen molar-refractivity contribution in [1.82, 2.24) is 9.78 Å². The summed E-state index contributed by atoms with van der Waals surface area (Å²) in [5.41, 5.74) is 1.42. The molecule has 0 aliphatic heterocycles. The highest BCUT2D eigenvalue weighted by Crippen LogP contribution is 2.17. The third-order valence-electron chi connectivity index (χ3n) is 3.38. The van der Waals surface area contributed by atoms with Gasteiger partial charge in [0.2, 0.25) is 0 Å². The Morgan fingerprint density at radius 3 is 2.67 bits per heavy atom. The van der Waals surface area contributed by atoms with Gasteiger partial charge in [0.1, 0.15) is 11.6 Å². The molecule has 1 heterocycles. The molecule has 0 radical (unpaired) electrons. The van der Waals surface area contributed by atoms with E-state index >= 15 is 0 Å². The van der Waals surface area contributed by atoms with E-state index in [9.17, 15) is 9.18 Å². The van der Waals surface area contributed by atoms with Crippen LogP contribution in [0, 0.1) is 9.39 Å². The van der Waals surface area contributed by atoms with E-state index in [0.717, 1.165) is 5.56 Å². The predicted molar refractivity (Wildman–Crippen MR) is 99.9 cm³/mol. The number of amides is 1. The second-order valence-electron chi connectivity index (χ2n) is 5.08. The van der Waals surface area contributed by atoms with E-state index < -0.39 is 0 Å². The molecule has 3 rings (SSSR count). The van der Waals surface area contributed by atoms with Crippen molar-refractivity contribution < 1.29 is 9.18 Å². The molecule has 1 amide bonds. The Morgan fingerprint density at radius 1 is 1.21 bits per heavy atom. The topological polar surface area (TPSA) is 46.9 Å². The molecule has 0 saturated carbocycles. The molecule has 0 unspecified atom stereocenters. The van der Waals surface area contributed by atoms with Crippen LogP contribution in [0.25, 0.3) is 0 Å². The van der Waals surface area contributed by atoms with E-state index in [-0.39, 0.29) is 11.7 Å². The van der Waals surface area contributed by atoms with Gasteiger partial charge in [-0.25, -0.2) is 9.07 Å². The molecule has 0 bridgehead atoms. The molecule has 2 aromatic carbocycles. The van der Waals surface area contributed by atoms with Crippen LogP contribution in [0.15, 0.2) is 54.7 Å². The third kappa shape index (κ3) is 3.93. The molecule has 1 aromatic heterocycles. The van der Waals surface area contributed by atoms with Gasteiger partial charge in [-0.1, -0.05) is 23.7 Å². The number of carbonyl (C=O) groups is 1. The summed E-state index contributed by atoms with van der Waals surface area (Å²) in [6, 6.07) is 13.2. The monoisotopic (exact) mass is 455 g/mol. The second kappa shape index (κ2) is 7.31.